The zero-order valence-corrected chi connectivity index (χ0v) is 15.2. The molecule has 1 rings (SSSR count). The van der Waals surface area contributed by atoms with E-state index in [1.54, 1.807) is 0 Å². The topological polar surface area (TPSA) is 74.8 Å². The van der Waals surface area contributed by atoms with Crippen LogP contribution in [0.2, 0.25) is 0 Å². The van der Waals surface area contributed by atoms with Gasteiger partial charge in [-0.15, -0.1) is 0 Å². The highest BCUT2D eigenvalue weighted by molar-refractivity contribution is 5.83. The van der Waals surface area contributed by atoms with Gasteiger partial charge in [-0.2, -0.15) is 0 Å². The maximum absolute atomic E-state index is 12.0. The number of guanidine groups is 1. The van der Waals surface area contributed by atoms with E-state index in [1.807, 2.05) is 27.7 Å². The van der Waals surface area contributed by atoms with E-state index in [-0.39, 0.29) is 5.91 Å². The molecule has 6 nitrogen and oxygen atoms in total. The van der Waals surface area contributed by atoms with E-state index in [0.717, 1.165) is 44.6 Å². The third-order valence-corrected chi connectivity index (χ3v) is 3.74. The number of carbonyl (C=O) groups excluding carboxylic acids is 1. The molecule has 1 fully saturated rings. The normalized spacial score (nSPS) is 15.4. The lowest BCUT2D eigenvalue weighted by Crippen LogP contribution is -2.42. The Labute approximate surface area is 140 Å². The smallest absolute Gasteiger partial charge is 0.227 e. The van der Waals surface area contributed by atoms with Gasteiger partial charge in [0.2, 0.25) is 5.91 Å². The number of ether oxygens (including phenoxy) is 1. The van der Waals surface area contributed by atoms with Gasteiger partial charge in [0.05, 0.1) is 12.0 Å². The predicted molar refractivity (Wildman–Crippen MR) is 94.6 cm³/mol. The molecule has 0 bridgehead atoms. The molecule has 1 aliphatic rings. The molecule has 0 aromatic rings. The minimum absolute atomic E-state index is 0.0353. The molecule has 0 aliphatic heterocycles. The van der Waals surface area contributed by atoms with E-state index in [9.17, 15) is 4.79 Å². The Morgan fingerprint density at radius 2 is 1.87 bits per heavy atom. The highest BCUT2D eigenvalue weighted by atomic mass is 16.5. The molecule has 3 N–H and O–H groups in total. The van der Waals surface area contributed by atoms with Gasteiger partial charge in [0.15, 0.2) is 5.96 Å². The number of rotatable bonds is 11. The van der Waals surface area contributed by atoms with Crippen LogP contribution < -0.4 is 16.0 Å². The minimum atomic E-state index is -0.508. The quantitative estimate of drug-likeness (QED) is 0.306. The highest BCUT2D eigenvalue weighted by Gasteiger charge is 2.26. The van der Waals surface area contributed by atoms with Gasteiger partial charge in [0.1, 0.15) is 0 Å². The van der Waals surface area contributed by atoms with Crippen LogP contribution in [0.25, 0.3) is 0 Å². The molecule has 0 unspecified atom stereocenters. The predicted octanol–water partition coefficient (Wildman–Crippen LogP) is 1.52. The van der Waals surface area contributed by atoms with Gasteiger partial charge in [-0.3, -0.25) is 9.79 Å². The zero-order chi connectivity index (χ0) is 17.1. The molecule has 0 aromatic heterocycles. The summed E-state index contributed by atoms with van der Waals surface area (Å²) in [5, 5.41) is 9.36. The average molecular weight is 326 g/mol. The van der Waals surface area contributed by atoms with Crippen LogP contribution in [-0.4, -0.2) is 51.3 Å². The summed E-state index contributed by atoms with van der Waals surface area (Å²) in [6.07, 6.45) is 3.62. The van der Waals surface area contributed by atoms with Crippen molar-refractivity contribution in [2.75, 3.05) is 39.4 Å². The second-order valence-corrected chi connectivity index (χ2v) is 6.74. The van der Waals surface area contributed by atoms with E-state index in [2.05, 4.69) is 20.9 Å². The van der Waals surface area contributed by atoms with Gasteiger partial charge < -0.3 is 20.7 Å². The fourth-order valence-electron chi connectivity index (χ4n) is 2.01. The van der Waals surface area contributed by atoms with Crippen molar-refractivity contribution in [3.63, 3.8) is 0 Å². The van der Waals surface area contributed by atoms with Crippen molar-refractivity contribution in [3.8, 4) is 0 Å². The molecular weight excluding hydrogens is 292 g/mol. The van der Waals surface area contributed by atoms with Crippen LogP contribution in [0.3, 0.4) is 0 Å². The molecule has 0 aromatic carbocycles. The first-order chi connectivity index (χ1) is 11.0. The average Bonchev–Trinajstić information content (AvgIpc) is 3.32. The zero-order valence-electron chi connectivity index (χ0n) is 15.2. The molecule has 1 amide bonds. The molecule has 1 saturated carbocycles. The third-order valence-electron chi connectivity index (χ3n) is 3.74. The van der Waals surface area contributed by atoms with Gasteiger partial charge in [-0.1, -0.05) is 0 Å². The second kappa shape index (κ2) is 10.5. The molecule has 1 aliphatic carbocycles. The van der Waals surface area contributed by atoms with Gasteiger partial charge in [-0.25, -0.2) is 0 Å². The largest absolute Gasteiger partial charge is 0.381 e. The second-order valence-electron chi connectivity index (χ2n) is 6.74. The summed E-state index contributed by atoms with van der Waals surface area (Å²) in [7, 11) is 0. The van der Waals surface area contributed by atoms with E-state index < -0.39 is 5.41 Å². The lowest BCUT2D eigenvalue weighted by molar-refractivity contribution is -0.128. The van der Waals surface area contributed by atoms with Crippen LogP contribution in [0, 0.1) is 11.3 Å². The Bertz CT molecular complexity index is 379. The van der Waals surface area contributed by atoms with Gasteiger partial charge in [-0.05, 0) is 52.9 Å². The number of hydrogen-bond acceptors (Lipinski definition) is 3. The molecule has 0 atom stereocenters. The van der Waals surface area contributed by atoms with E-state index in [0.29, 0.717) is 13.1 Å². The van der Waals surface area contributed by atoms with Crippen LogP contribution in [-0.2, 0) is 9.53 Å². The van der Waals surface area contributed by atoms with Crippen LogP contribution in [0.1, 0.15) is 47.0 Å². The molecule has 0 spiro atoms. The van der Waals surface area contributed by atoms with Gasteiger partial charge >= 0.3 is 0 Å². The van der Waals surface area contributed by atoms with E-state index >= 15 is 0 Å². The maximum atomic E-state index is 12.0. The Balaban J connectivity index is 2.28. The van der Waals surface area contributed by atoms with Crippen molar-refractivity contribution in [2.45, 2.75) is 47.0 Å². The summed E-state index contributed by atoms with van der Waals surface area (Å²) in [4.78, 5) is 16.5. The molecule has 0 heterocycles. The van der Waals surface area contributed by atoms with Crippen molar-refractivity contribution in [2.24, 2.45) is 16.3 Å². The summed E-state index contributed by atoms with van der Waals surface area (Å²) in [6.45, 7) is 12.2. The van der Waals surface area contributed by atoms with Crippen molar-refractivity contribution in [1.82, 2.24) is 16.0 Å². The minimum Gasteiger partial charge on any atom is -0.381 e. The SMILES string of the molecule is CCNC(=O)C(C)(C)CN=C(NCC)NCCCOCC1CC1. The van der Waals surface area contributed by atoms with Crippen LogP contribution in [0.4, 0.5) is 0 Å². The molecular formula is C17H34N4O2. The molecule has 23 heavy (non-hydrogen) atoms. The van der Waals surface area contributed by atoms with Crippen molar-refractivity contribution in [1.29, 1.82) is 0 Å². The first-order valence-corrected chi connectivity index (χ1v) is 8.87. The standard InChI is InChI=1S/C17H34N4O2/c1-5-18-15(22)17(3,4)13-21-16(19-6-2)20-10-7-11-23-12-14-8-9-14/h14H,5-13H2,1-4H3,(H,18,22)(H2,19,20,21). The van der Waals surface area contributed by atoms with E-state index in [4.69, 9.17) is 4.74 Å². The Kier molecular flexibility index (Phi) is 8.99. The number of nitrogens with zero attached hydrogens (tertiary/aromatic N) is 1. The van der Waals surface area contributed by atoms with Crippen molar-refractivity contribution >= 4 is 11.9 Å². The summed E-state index contributed by atoms with van der Waals surface area (Å²) in [5.41, 5.74) is -0.508. The van der Waals surface area contributed by atoms with E-state index in [1.165, 1.54) is 12.8 Å². The number of aliphatic imine (C=N–C) groups is 1. The Hall–Kier alpha value is -1.30. The number of nitrogens with one attached hydrogen (secondary N) is 3. The van der Waals surface area contributed by atoms with Gasteiger partial charge in [0.25, 0.3) is 0 Å². The monoisotopic (exact) mass is 326 g/mol. The third kappa shape index (κ3) is 8.79. The molecule has 0 radical (unpaired) electrons. The fraction of sp³-hybridized carbons (Fsp3) is 0.882. The van der Waals surface area contributed by atoms with Gasteiger partial charge in [0, 0.05) is 32.8 Å². The Morgan fingerprint density at radius 1 is 1.17 bits per heavy atom. The summed E-state index contributed by atoms with van der Waals surface area (Å²) in [6, 6.07) is 0. The fourth-order valence-corrected chi connectivity index (χ4v) is 2.01. The molecule has 134 valence electrons. The lowest BCUT2D eigenvalue weighted by atomic mass is 9.92. The molecule has 0 saturated heterocycles. The van der Waals surface area contributed by atoms with Crippen molar-refractivity contribution < 1.29 is 9.53 Å². The van der Waals surface area contributed by atoms with Crippen LogP contribution in [0.15, 0.2) is 4.99 Å². The number of amides is 1. The number of carbonyl (C=O) groups is 1. The summed E-state index contributed by atoms with van der Waals surface area (Å²) < 4.78 is 5.62. The van der Waals surface area contributed by atoms with Crippen LogP contribution >= 0.6 is 0 Å². The van der Waals surface area contributed by atoms with Crippen molar-refractivity contribution in [3.05, 3.63) is 0 Å². The summed E-state index contributed by atoms with van der Waals surface area (Å²) in [5.74, 6) is 1.61. The number of hydrogen-bond donors (Lipinski definition) is 3. The highest BCUT2D eigenvalue weighted by Crippen LogP contribution is 2.28. The Morgan fingerprint density at radius 3 is 2.48 bits per heavy atom. The first kappa shape index (κ1) is 19.7. The first-order valence-electron chi connectivity index (χ1n) is 8.87. The molecule has 6 heteroatoms. The van der Waals surface area contributed by atoms with Crippen LogP contribution in [0.5, 0.6) is 0 Å². The lowest BCUT2D eigenvalue weighted by Gasteiger charge is -2.22. The summed E-state index contributed by atoms with van der Waals surface area (Å²) >= 11 is 0. The maximum Gasteiger partial charge on any atom is 0.227 e.